The van der Waals surface area contributed by atoms with Gasteiger partial charge in [0.25, 0.3) is 11.7 Å². The predicted molar refractivity (Wildman–Crippen MR) is 70.4 cm³/mol. The lowest BCUT2D eigenvalue weighted by atomic mass is 10.4. The van der Waals surface area contributed by atoms with Crippen molar-refractivity contribution in [2.45, 2.75) is 18.1 Å². The fraction of sp³-hybridized carbons (Fsp3) is 0.333. The molecule has 8 heteroatoms. The zero-order valence-electron chi connectivity index (χ0n) is 10.7. The van der Waals surface area contributed by atoms with E-state index in [1.165, 1.54) is 17.0 Å². The van der Waals surface area contributed by atoms with Crippen molar-refractivity contribution in [3.63, 3.8) is 0 Å². The van der Waals surface area contributed by atoms with Gasteiger partial charge in [0.2, 0.25) is 0 Å². The molecule has 0 radical (unpaired) electrons. The molecule has 0 fully saturated rings. The number of amides is 1. The highest BCUT2D eigenvalue weighted by atomic mass is 32.2. The Morgan fingerprint density at radius 3 is 3.00 bits per heavy atom. The number of carbonyl (C=O) groups excluding carboxylic acids is 1. The van der Waals surface area contributed by atoms with Crippen molar-refractivity contribution >= 4 is 17.7 Å². The molecule has 0 bridgehead atoms. The van der Waals surface area contributed by atoms with Crippen molar-refractivity contribution in [3.05, 3.63) is 41.9 Å². The molecule has 2 aromatic heterocycles. The third-order valence-corrected chi connectivity index (χ3v) is 3.22. The first-order valence-electron chi connectivity index (χ1n) is 5.78. The Kier molecular flexibility index (Phi) is 4.78. The SMILES string of the molecule is CN(Cc1ncc[nH]1)C(=O)c1ccc(CSC(F)F)o1. The molecule has 2 rings (SSSR count). The maximum atomic E-state index is 12.1. The van der Waals surface area contributed by atoms with Crippen LogP contribution in [0.3, 0.4) is 0 Å². The normalized spacial score (nSPS) is 11.0. The van der Waals surface area contributed by atoms with Crippen LogP contribution < -0.4 is 0 Å². The van der Waals surface area contributed by atoms with E-state index in [-0.39, 0.29) is 17.4 Å². The van der Waals surface area contributed by atoms with Crippen LogP contribution in [0.5, 0.6) is 0 Å². The summed E-state index contributed by atoms with van der Waals surface area (Å²) in [5.74, 6) is -1.61. The molecule has 0 aliphatic carbocycles. The molecule has 1 N–H and O–H groups in total. The average molecular weight is 301 g/mol. The number of imidazole rings is 1. The van der Waals surface area contributed by atoms with E-state index in [0.29, 0.717) is 29.9 Å². The van der Waals surface area contributed by atoms with Crippen molar-refractivity contribution < 1.29 is 18.0 Å². The molecule has 108 valence electrons. The number of nitrogens with zero attached hydrogens (tertiary/aromatic N) is 2. The van der Waals surface area contributed by atoms with Gasteiger partial charge in [0.1, 0.15) is 11.6 Å². The van der Waals surface area contributed by atoms with Crippen LogP contribution in [0.25, 0.3) is 0 Å². The highest BCUT2D eigenvalue weighted by molar-refractivity contribution is 7.98. The lowest BCUT2D eigenvalue weighted by molar-refractivity contribution is 0.0748. The van der Waals surface area contributed by atoms with Gasteiger partial charge in [-0.3, -0.25) is 4.79 Å². The van der Waals surface area contributed by atoms with Crippen molar-refractivity contribution in [1.82, 2.24) is 14.9 Å². The van der Waals surface area contributed by atoms with E-state index in [1.807, 2.05) is 0 Å². The third kappa shape index (κ3) is 3.83. The van der Waals surface area contributed by atoms with Crippen molar-refractivity contribution in [2.24, 2.45) is 0 Å². The van der Waals surface area contributed by atoms with Crippen LogP contribution in [0.2, 0.25) is 0 Å². The first-order valence-corrected chi connectivity index (χ1v) is 6.83. The summed E-state index contributed by atoms with van der Waals surface area (Å²) in [6.45, 7) is 0.313. The minimum absolute atomic E-state index is 0.0346. The Labute approximate surface area is 118 Å². The van der Waals surface area contributed by atoms with Crippen LogP contribution in [-0.4, -0.2) is 33.6 Å². The second-order valence-corrected chi connectivity index (χ2v) is 5.01. The Hall–Kier alpha value is -1.83. The molecular formula is C12H13F2N3O2S. The number of carbonyl (C=O) groups is 1. The minimum atomic E-state index is -2.46. The highest BCUT2D eigenvalue weighted by Gasteiger charge is 2.17. The summed E-state index contributed by atoms with van der Waals surface area (Å²) in [6.07, 6.45) is 3.26. The summed E-state index contributed by atoms with van der Waals surface area (Å²) in [7, 11) is 1.61. The molecule has 1 amide bonds. The van der Waals surface area contributed by atoms with E-state index >= 15 is 0 Å². The standard InChI is InChI=1S/C12H13F2N3O2S/c1-17(6-10-15-4-5-16-10)11(18)9-3-2-8(19-9)7-20-12(13)14/h2-5,12H,6-7H2,1H3,(H,15,16). The lowest BCUT2D eigenvalue weighted by Gasteiger charge is -2.13. The molecule has 2 aromatic rings. The summed E-state index contributed by atoms with van der Waals surface area (Å²) >= 11 is 0.455. The first kappa shape index (κ1) is 14.6. The van der Waals surface area contributed by atoms with Gasteiger partial charge in [0.15, 0.2) is 5.76 Å². The minimum Gasteiger partial charge on any atom is -0.455 e. The van der Waals surface area contributed by atoms with Crippen LogP contribution in [0, 0.1) is 0 Å². The Morgan fingerprint density at radius 1 is 1.55 bits per heavy atom. The number of hydrogen-bond acceptors (Lipinski definition) is 4. The van der Waals surface area contributed by atoms with E-state index in [0.717, 1.165) is 0 Å². The zero-order chi connectivity index (χ0) is 14.5. The van der Waals surface area contributed by atoms with Crippen molar-refractivity contribution in [2.75, 3.05) is 7.05 Å². The maximum Gasteiger partial charge on any atom is 0.289 e. The molecule has 0 aromatic carbocycles. The average Bonchev–Trinajstić information content (AvgIpc) is 3.06. The summed E-state index contributed by atoms with van der Waals surface area (Å²) in [6, 6.07) is 3.02. The monoisotopic (exact) mass is 301 g/mol. The number of hydrogen-bond donors (Lipinski definition) is 1. The number of furan rings is 1. The van der Waals surface area contributed by atoms with E-state index in [1.54, 1.807) is 19.4 Å². The van der Waals surface area contributed by atoms with Gasteiger partial charge in [0.05, 0.1) is 12.3 Å². The topological polar surface area (TPSA) is 62.1 Å². The maximum absolute atomic E-state index is 12.1. The van der Waals surface area contributed by atoms with Crippen LogP contribution >= 0.6 is 11.8 Å². The lowest BCUT2D eigenvalue weighted by Crippen LogP contribution is -2.26. The Balaban J connectivity index is 1.94. The van der Waals surface area contributed by atoms with E-state index in [2.05, 4.69) is 9.97 Å². The molecule has 5 nitrogen and oxygen atoms in total. The Morgan fingerprint density at radius 2 is 2.35 bits per heavy atom. The predicted octanol–water partition coefficient (Wildman–Crippen LogP) is 2.73. The number of halogens is 2. The number of H-pyrrole nitrogens is 1. The van der Waals surface area contributed by atoms with Gasteiger partial charge in [-0.1, -0.05) is 11.8 Å². The van der Waals surface area contributed by atoms with Gasteiger partial charge >= 0.3 is 0 Å². The third-order valence-electron chi connectivity index (χ3n) is 2.51. The molecule has 0 saturated carbocycles. The molecule has 0 aliphatic heterocycles. The fourth-order valence-corrected chi connectivity index (χ4v) is 2.03. The van der Waals surface area contributed by atoms with E-state index < -0.39 is 5.76 Å². The fourth-order valence-electron chi connectivity index (χ4n) is 1.58. The Bertz CT molecular complexity index is 557. The molecule has 0 aliphatic rings. The molecule has 0 atom stereocenters. The van der Waals surface area contributed by atoms with Crippen LogP contribution in [0.1, 0.15) is 22.1 Å². The molecular weight excluding hydrogens is 288 g/mol. The van der Waals surface area contributed by atoms with E-state index in [9.17, 15) is 13.6 Å². The van der Waals surface area contributed by atoms with Crippen LogP contribution in [0.15, 0.2) is 28.9 Å². The second-order valence-electron chi connectivity index (χ2n) is 4.03. The van der Waals surface area contributed by atoms with Gasteiger partial charge in [0, 0.05) is 19.4 Å². The van der Waals surface area contributed by atoms with Gasteiger partial charge < -0.3 is 14.3 Å². The second kappa shape index (κ2) is 6.56. The quantitative estimate of drug-likeness (QED) is 0.891. The van der Waals surface area contributed by atoms with Crippen LogP contribution in [0.4, 0.5) is 8.78 Å². The molecule has 0 saturated heterocycles. The first-order chi connectivity index (χ1) is 9.56. The number of alkyl halides is 2. The number of rotatable bonds is 6. The van der Waals surface area contributed by atoms with Crippen molar-refractivity contribution in [3.8, 4) is 0 Å². The van der Waals surface area contributed by atoms with Crippen molar-refractivity contribution in [1.29, 1.82) is 0 Å². The van der Waals surface area contributed by atoms with Gasteiger partial charge in [-0.05, 0) is 12.1 Å². The van der Waals surface area contributed by atoms with Gasteiger partial charge in [-0.2, -0.15) is 8.78 Å². The smallest absolute Gasteiger partial charge is 0.289 e. The molecule has 2 heterocycles. The summed E-state index contributed by atoms with van der Waals surface area (Å²) in [5, 5.41) is 0. The number of aromatic amines is 1. The largest absolute Gasteiger partial charge is 0.455 e. The molecule has 0 unspecified atom stereocenters. The summed E-state index contributed by atoms with van der Waals surface area (Å²) in [5.41, 5.74) is 0. The van der Waals surface area contributed by atoms with Gasteiger partial charge in [-0.25, -0.2) is 4.98 Å². The van der Waals surface area contributed by atoms with Crippen LogP contribution in [-0.2, 0) is 12.3 Å². The highest BCUT2D eigenvalue weighted by Crippen LogP contribution is 2.21. The molecule has 20 heavy (non-hydrogen) atoms. The number of thioether (sulfide) groups is 1. The molecule has 0 spiro atoms. The van der Waals surface area contributed by atoms with Gasteiger partial charge in [-0.15, -0.1) is 0 Å². The number of nitrogens with one attached hydrogen (secondary N) is 1. The number of aromatic nitrogens is 2. The summed E-state index contributed by atoms with van der Waals surface area (Å²) in [4.78, 5) is 20.4. The van der Waals surface area contributed by atoms with E-state index in [4.69, 9.17) is 4.42 Å². The summed E-state index contributed by atoms with van der Waals surface area (Å²) < 4.78 is 29.4. The zero-order valence-corrected chi connectivity index (χ0v) is 11.5.